The summed E-state index contributed by atoms with van der Waals surface area (Å²) >= 11 is 0. The molecule has 0 amide bonds. The molecule has 0 saturated heterocycles. The van der Waals surface area contributed by atoms with Crippen molar-refractivity contribution in [3.8, 4) is 11.5 Å². The van der Waals surface area contributed by atoms with Crippen LogP contribution in [0.5, 0.6) is 11.5 Å². The Hall–Kier alpha value is -1.48. The van der Waals surface area contributed by atoms with Crippen molar-refractivity contribution < 1.29 is 9.47 Å². The van der Waals surface area contributed by atoms with Crippen LogP contribution in [0.25, 0.3) is 0 Å². The maximum atomic E-state index is 5.69. The van der Waals surface area contributed by atoms with E-state index in [2.05, 4.69) is 44.3 Å². The largest absolute Gasteiger partial charge is 0.490 e. The molecule has 1 aromatic rings. The highest BCUT2D eigenvalue weighted by atomic mass is 16.5. The minimum atomic E-state index is 0.208. The molecule has 0 aliphatic heterocycles. The number of allylic oxidation sites excluding steroid dienone is 1. The molecule has 1 rings (SSSR count). The summed E-state index contributed by atoms with van der Waals surface area (Å²) < 4.78 is 11.3. The minimum absolute atomic E-state index is 0.208. The first-order valence-electron chi connectivity index (χ1n) is 7.40. The van der Waals surface area contributed by atoms with E-state index in [4.69, 9.17) is 9.47 Å². The summed E-state index contributed by atoms with van der Waals surface area (Å²) in [6.07, 6.45) is 2.23. The van der Waals surface area contributed by atoms with Gasteiger partial charge in [-0.3, -0.25) is 0 Å². The van der Waals surface area contributed by atoms with Gasteiger partial charge in [-0.05, 0) is 51.9 Å². The molecule has 0 aromatic heterocycles. The molecule has 0 radical (unpaired) electrons. The van der Waals surface area contributed by atoms with Gasteiger partial charge in [-0.25, -0.2) is 0 Å². The fourth-order valence-electron chi connectivity index (χ4n) is 2.09. The maximum Gasteiger partial charge on any atom is 0.161 e. The quantitative estimate of drug-likeness (QED) is 0.726. The fraction of sp³-hybridized carbons (Fsp3) is 0.529. The molecule has 1 unspecified atom stereocenters. The number of benzene rings is 1. The van der Waals surface area contributed by atoms with Crippen LogP contribution in [-0.4, -0.2) is 19.8 Å². The molecular weight excluding hydrogens is 250 g/mol. The Labute approximate surface area is 123 Å². The van der Waals surface area contributed by atoms with Crippen molar-refractivity contribution in [2.45, 2.75) is 40.7 Å². The van der Waals surface area contributed by atoms with Crippen molar-refractivity contribution in [1.82, 2.24) is 5.32 Å². The van der Waals surface area contributed by atoms with Crippen LogP contribution in [0, 0.1) is 0 Å². The zero-order valence-electron chi connectivity index (χ0n) is 13.3. The number of ether oxygens (including phenoxy) is 2. The first kappa shape index (κ1) is 16.6. The van der Waals surface area contributed by atoms with Crippen LogP contribution in [-0.2, 0) is 0 Å². The van der Waals surface area contributed by atoms with Gasteiger partial charge in [0.2, 0.25) is 0 Å². The molecule has 0 aliphatic rings. The predicted octanol–water partition coefficient (Wildman–Crippen LogP) is 4.10. The van der Waals surface area contributed by atoms with Gasteiger partial charge in [0.15, 0.2) is 11.5 Å². The normalized spacial score (nSPS) is 11.8. The van der Waals surface area contributed by atoms with Gasteiger partial charge in [-0.2, -0.15) is 0 Å². The van der Waals surface area contributed by atoms with Crippen molar-refractivity contribution in [1.29, 1.82) is 0 Å². The standard InChI is InChI=1S/C17H27NO2/c1-6-18-15(11-13(4)5)14-9-10-16(19-7-2)17(12-14)20-8-3/h9-12,15,18H,6-8H2,1-5H3. The molecule has 20 heavy (non-hydrogen) atoms. The van der Waals surface area contributed by atoms with E-state index in [0.717, 1.165) is 18.0 Å². The van der Waals surface area contributed by atoms with Gasteiger partial charge in [-0.1, -0.05) is 24.6 Å². The Kier molecular flexibility index (Phi) is 7.16. The van der Waals surface area contributed by atoms with Crippen LogP contribution in [0.2, 0.25) is 0 Å². The lowest BCUT2D eigenvalue weighted by Gasteiger charge is -2.18. The lowest BCUT2D eigenvalue weighted by molar-refractivity contribution is 0.287. The lowest BCUT2D eigenvalue weighted by Crippen LogP contribution is -2.19. The molecule has 0 aliphatic carbocycles. The second-order valence-corrected chi connectivity index (χ2v) is 4.85. The molecule has 1 atom stereocenters. The highest BCUT2D eigenvalue weighted by molar-refractivity contribution is 5.44. The summed E-state index contributed by atoms with van der Waals surface area (Å²) in [6.45, 7) is 12.5. The number of hydrogen-bond acceptors (Lipinski definition) is 3. The van der Waals surface area contributed by atoms with Crippen LogP contribution >= 0.6 is 0 Å². The zero-order valence-corrected chi connectivity index (χ0v) is 13.3. The average molecular weight is 277 g/mol. The Morgan fingerprint density at radius 1 is 1.10 bits per heavy atom. The van der Waals surface area contributed by atoms with Gasteiger partial charge in [0.25, 0.3) is 0 Å². The zero-order chi connectivity index (χ0) is 15.0. The number of rotatable bonds is 8. The van der Waals surface area contributed by atoms with Crippen molar-refractivity contribution in [2.75, 3.05) is 19.8 Å². The Morgan fingerprint density at radius 3 is 2.30 bits per heavy atom. The average Bonchev–Trinajstić information content (AvgIpc) is 2.40. The minimum Gasteiger partial charge on any atom is -0.490 e. The van der Waals surface area contributed by atoms with Crippen molar-refractivity contribution in [3.05, 3.63) is 35.4 Å². The van der Waals surface area contributed by atoms with Crippen molar-refractivity contribution in [3.63, 3.8) is 0 Å². The first-order valence-corrected chi connectivity index (χ1v) is 7.40. The van der Waals surface area contributed by atoms with Crippen LogP contribution in [0.1, 0.15) is 46.2 Å². The van der Waals surface area contributed by atoms with Gasteiger partial charge in [0, 0.05) is 0 Å². The molecule has 0 saturated carbocycles. The Bertz CT molecular complexity index is 437. The monoisotopic (exact) mass is 277 g/mol. The van der Waals surface area contributed by atoms with E-state index in [1.807, 2.05) is 19.9 Å². The molecule has 0 bridgehead atoms. The van der Waals surface area contributed by atoms with Crippen LogP contribution in [0.3, 0.4) is 0 Å². The van der Waals surface area contributed by atoms with Gasteiger partial charge < -0.3 is 14.8 Å². The smallest absolute Gasteiger partial charge is 0.161 e. The third-order valence-electron chi connectivity index (χ3n) is 2.85. The van der Waals surface area contributed by atoms with E-state index >= 15 is 0 Å². The molecule has 3 heteroatoms. The summed E-state index contributed by atoms with van der Waals surface area (Å²) in [5.41, 5.74) is 2.49. The van der Waals surface area contributed by atoms with Crippen LogP contribution in [0.4, 0.5) is 0 Å². The summed E-state index contributed by atoms with van der Waals surface area (Å²) in [5.74, 6) is 1.63. The van der Waals surface area contributed by atoms with Gasteiger partial charge >= 0.3 is 0 Å². The Morgan fingerprint density at radius 2 is 1.75 bits per heavy atom. The third kappa shape index (κ3) is 4.89. The lowest BCUT2D eigenvalue weighted by atomic mass is 10.0. The van der Waals surface area contributed by atoms with E-state index in [-0.39, 0.29) is 6.04 Å². The fourth-order valence-corrected chi connectivity index (χ4v) is 2.09. The van der Waals surface area contributed by atoms with Crippen LogP contribution in [0.15, 0.2) is 29.8 Å². The van der Waals surface area contributed by atoms with Crippen molar-refractivity contribution >= 4 is 0 Å². The summed E-state index contributed by atoms with van der Waals surface area (Å²) in [6, 6.07) is 6.37. The van der Waals surface area contributed by atoms with E-state index in [9.17, 15) is 0 Å². The molecule has 112 valence electrons. The van der Waals surface area contributed by atoms with E-state index < -0.39 is 0 Å². The van der Waals surface area contributed by atoms with E-state index in [1.54, 1.807) is 0 Å². The van der Waals surface area contributed by atoms with Gasteiger partial charge in [0.1, 0.15) is 0 Å². The number of hydrogen-bond donors (Lipinski definition) is 1. The molecule has 1 aromatic carbocycles. The predicted molar refractivity (Wildman–Crippen MR) is 84.6 cm³/mol. The summed E-state index contributed by atoms with van der Waals surface area (Å²) in [5, 5.41) is 3.48. The Balaban J connectivity index is 3.09. The van der Waals surface area contributed by atoms with E-state index in [0.29, 0.717) is 13.2 Å². The number of likely N-dealkylation sites (N-methyl/N-ethyl adjacent to an activating group) is 1. The number of nitrogens with one attached hydrogen (secondary N) is 1. The van der Waals surface area contributed by atoms with Gasteiger partial charge in [-0.15, -0.1) is 0 Å². The SMILES string of the molecule is CCNC(C=C(C)C)c1ccc(OCC)c(OCC)c1. The summed E-state index contributed by atoms with van der Waals surface area (Å²) in [7, 11) is 0. The highest BCUT2D eigenvalue weighted by Crippen LogP contribution is 2.31. The third-order valence-corrected chi connectivity index (χ3v) is 2.85. The molecule has 3 nitrogen and oxygen atoms in total. The van der Waals surface area contributed by atoms with E-state index in [1.165, 1.54) is 11.1 Å². The maximum absolute atomic E-state index is 5.69. The molecule has 0 heterocycles. The first-order chi connectivity index (χ1) is 9.62. The molecule has 0 fully saturated rings. The molecule has 0 spiro atoms. The highest BCUT2D eigenvalue weighted by Gasteiger charge is 2.12. The molecular formula is C17H27NO2. The van der Waals surface area contributed by atoms with Gasteiger partial charge in [0.05, 0.1) is 19.3 Å². The second-order valence-electron chi connectivity index (χ2n) is 4.85. The topological polar surface area (TPSA) is 30.5 Å². The van der Waals surface area contributed by atoms with Crippen LogP contribution < -0.4 is 14.8 Å². The van der Waals surface area contributed by atoms with Crippen molar-refractivity contribution in [2.24, 2.45) is 0 Å². The second kappa shape index (κ2) is 8.64. The molecule has 1 N–H and O–H groups in total. The summed E-state index contributed by atoms with van der Waals surface area (Å²) in [4.78, 5) is 0.